The number of benzene rings is 2. The molecule has 0 aromatic heterocycles. The highest BCUT2D eigenvalue weighted by Crippen LogP contribution is 2.52. The quantitative estimate of drug-likeness (QED) is 0.355. The third-order valence-corrected chi connectivity index (χ3v) is 5.96. The molecule has 0 amide bonds. The Morgan fingerprint density at radius 2 is 1.92 bits per heavy atom. The first-order valence-corrected chi connectivity index (χ1v) is 11.0. The maximum Gasteiger partial charge on any atom is 0.375 e. The lowest BCUT2D eigenvalue weighted by atomic mass is 9.85. The highest BCUT2D eigenvalue weighted by Gasteiger charge is 2.58. The summed E-state index contributed by atoms with van der Waals surface area (Å²) in [7, 11) is 1.24. The van der Waals surface area contributed by atoms with E-state index in [2.05, 4.69) is 4.99 Å². The molecule has 3 heterocycles. The van der Waals surface area contributed by atoms with Gasteiger partial charge in [0.2, 0.25) is 5.76 Å². The Bertz CT molecular complexity index is 1440. The third-order valence-electron chi connectivity index (χ3n) is 5.96. The number of hydrogen-bond acceptors (Lipinski definition) is 10. The van der Waals surface area contributed by atoms with Crippen molar-refractivity contribution in [3.63, 3.8) is 0 Å². The van der Waals surface area contributed by atoms with Crippen molar-refractivity contribution in [2.24, 2.45) is 10.1 Å². The number of nitro groups is 1. The van der Waals surface area contributed by atoms with Gasteiger partial charge in [-0.1, -0.05) is 11.6 Å². The highest BCUT2D eigenvalue weighted by molar-refractivity contribution is 6.27. The zero-order valence-corrected chi connectivity index (χ0v) is 19.5. The van der Waals surface area contributed by atoms with Crippen molar-refractivity contribution in [3.8, 4) is 0 Å². The van der Waals surface area contributed by atoms with E-state index in [0.717, 1.165) is 5.56 Å². The fraction of sp³-hybridized carbons (Fsp3) is 0.200. The Morgan fingerprint density at radius 3 is 2.58 bits per heavy atom. The molecule has 11 heteroatoms. The number of hydrogen-bond donors (Lipinski definition) is 0. The van der Waals surface area contributed by atoms with Crippen LogP contribution >= 0.6 is 0 Å². The van der Waals surface area contributed by atoms with Crippen molar-refractivity contribution in [1.29, 1.82) is 0 Å². The van der Waals surface area contributed by atoms with Gasteiger partial charge in [-0.25, -0.2) is 14.6 Å². The molecule has 2 aromatic rings. The third kappa shape index (κ3) is 3.35. The summed E-state index contributed by atoms with van der Waals surface area (Å²) in [5.41, 5.74) is 1.50. The summed E-state index contributed by atoms with van der Waals surface area (Å²) in [6, 6.07) is 11.2. The minimum absolute atomic E-state index is 0.0597. The van der Waals surface area contributed by atoms with Crippen LogP contribution in [0.3, 0.4) is 0 Å². The Morgan fingerprint density at radius 1 is 1.17 bits per heavy atom. The lowest BCUT2D eigenvalue weighted by Gasteiger charge is -2.32. The van der Waals surface area contributed by atoms with Crippen LogP contribution in [-0.2, 0) is 29.5 Å². The molecule has 11 nitrogen and oxygen atoms in total. The van der Waals surface area contributed by atoms with Gasteiger partial charge in [0, 0.05) is 29.5 Å². The number of carbonyl (C=O) groups is 2. The average molecular weight is 488 g/mol. The molecule has 0 N–H and O–H groups in total. The van der Waals surface area contributed by atoms with Crippen molar-refractivity contribution in [2.45, 2.75) is 19.6 Å². The van der Waals surface area contributed by atoms with Crippen LogP contribution < -0.4 is 0 Å². The molecule has 0 bridgehead atoms. The minimum Gasteiger partial charge on any atom is -0.465 e. The Labute approximate surface area is 205 Å². The molecule has 0 radical (unpaired) electrons. The zero-order chi connectivity index (χ0) is 25.6. The van der Waals surface area contributed by atoms with Crippen LogP contribution in [0.25, 0.3) is 0 Å². The lowest BCUT2D eigenvalue weighted by Crippen LogP contribution is -2.39. The van der Waals surface area contributed by atoms with Gasteiger partial charge in [0.05, 0.1) is 41.7 Å². The standard InChI is InChI=1S/C25H20N4O7/c1-4-35-24(31)20-13-28-25(36-20,15-6-8-16(9-7-15)29(32)33)21-18(23(30)34-3)12-26-19-10-5-14(2)11-17(19)22(21)27-28/h5-13H,4H2,1-3H3. The van der Waals surface area contributed by atoms with E-state index in [1.54, 1.807) is 6.92 Å². The second-order valence-corrected chi connectivity index (χ2v) is 8.12. The first kappa shape index (κ1) is 23.0. The van der Waals surface area contributed by atoms with E-state index in [4.69, 9.17) is 19.3 Å². The fourth-order valence-electron chi connectivity index (χ4n) is 4.37. The van der Waals surface area contributed by atoms with E-state index < -0.39 is 22.6 Å². The number of aliphatic imine (C=N–C) groups is 1. The number of ether oxygens (including phenoxy) is 3. The monoisotopic (exact) mass is 488 g/mol. The van der Waals surface area contributed by atoms with Crippen LogP contribution in [0.15, 0.2) is 75.7 Å². The van der Waals surface area contributed by atoms with Gasteiger partial charge in [0.15, 0.2) is 0 Å². The molecular formula is C25H20N4O7. The molecule has 3 aliphatic heterocycles. The summed E-state index contributed by atoms with van der Waals surface area (Å²) in [6.45, 7) is 3.70. The molecule has 5 rings (SSSR count). The molecule has 1 atom stereocenters. The Balaban J connectivity index is 1.80. The van der Waals surface area contributed by atoms with Crippen molar-refractivity contribution >= 4 is 35.2 Å². The van der Waals surface area contributed by atoms with Crippen LogP contribution in [0.2, 0.25) is 0 Å². The molecule has 0 spiro atoms. The van der Waals surface area contributed by atoms with Crippen molar-refractivity contribution in [2.75, 3.05) is 13.7 Å². The highest BCUT2D eigenvalue weighted by atomic mass is 16.6. The number of methoxy groups -OCH3 is 1. The van der Waals surface area contributed by atoms with E-state index in [-0.39, 0.29) is 29.2 Å². The number of carbonyl (C=O) groups excluding carboxylic acids is 2. The molecular weight excluding hydrogens is 468 g/mol. The summed E-state index contributed by atoms with van der Waals surface area (Å²) < 4.78 is 16.4. The number of fused-ring (bicyclic) bond motifs is 5. The number of non-ortho nitro benzene ring substituents is 1. The smallest absolute Gasteiger partial charge is 0.375 e. The zero-order valence-electron chi connectivity index (χ0n) is 19.5. The minimum atomic E-state index is -1.65. The summed E-state index contributed by atoms with van der Waals surface area (Å²) in [6.07, 6.45) is 2.76. The molecule has 3 aliphatic rings. The van der Waals surface area contributed by atoms with Gasteiger partial charge in [-0.05, 0) is 38.1 Å². The van der Waals surface area contributed by atoms with E-state index in [0.29, 0.717) is 22.5 Å². The second-order valence-electron chi connectivity index (χ2n) is 8.12. The molecule has 36 heavy (non-hydrogen) atoms. The Kier molecular flexibility index (Phi) is 5.39. The maximum atomic E-state index is 13.0. The number of hydrazone groups is 1. The topological polar surface area (TPSA) is 133 Å². The molecule has 0 aliphatic carbocycles. The second kappa shape index (κ2) is 8.45. The summed E-state index contributed by atoms with van der Waals surface area (Å²) in [4.78, 5) is 40.9. The number of nitro benzene ring substituents is 1. The van der Waals surface area contributed by atoms with Gasteiger partial charge in [-0.2, -0.15) is 5.10 Å². The number of esters is 2. The van der Waals surface area contributed by atoms with Crippen LogP contribution in [0.4, 0.5) is 11.4 Å². The molecule has 0 saturated carbocycles. The number of nitrogens with zero attached hydrogens (tertiary/aromatic N) is 4. The van der Waals surface area contributed by atoms with Crippen molar-refractivity contribution < 1.29 is 28.7 Å². The predicted octanol–water partition coefficient (Wildman–Crippen LogP) is 3.40. The van der Waals surface area contributed by atoms with Gasteiger partial charge in [0.1, 0.15) is 5.71 Å². The van der Waals surface area contributed by atoms with Gasteiger partial charge in [-0.3, -0.25) is 15.1 Å². The summed E-state index contributed by atoms with van der Waals surface area (Å²) in [5, 5.41) is 17.4. The molecule has 2 aromatic carbocycles. The van der Waals surface area contributed by atoms with Gasteiger partial charge >= 0.3 is 11.9 Å². The normalized spacial score (nSPS) is 19.4. The summed E-state index contributed by atoms with van der Waals surface area (Å²) >= 11 is 0. The van der Waals surface area contributed by atoms with Gasteiger partial charge < -0.3 is 14.2 Å². The average Bonchev–Trinajstić information content (AvgIpc) is 3.34. The van der Waals surface area contributed by atoms with E-state index in [1.165, 1.54) is 48.8 Å². The molecule has 0 fully saturated rings. The SMILES string of the molecule is CCOC(=O)C1=CN2N=C3C(=C(C(=O)OC)C=Nc4ccc(C)cc43)C2(c2ccc([N+](=O)[O-])cc2)O1. The first-order valence-electron chi connectivity index (χ1n) is 11.0. The van der Waals surface area contributed by atoms with Crippen LogP contribution in [0.5, 0.6) is 0 Å². The number of rotatable bonds is 5. The molecule has 0 saturated heterocycles. The largest absolute Gasteiger partial charge is 0.465 e. The van der Waals surface area contributed by atoms with E-state index in [1.807, 2.05) is 25.1 Å². The van der Waals surface area contributed by atoms with Gasteiger partial charge in [0.25, 0.3) is 11.4 Å². The lowest BCUT2D eigenvalue weighted by molar-refractivity contribution is -0.384. The Hall–Kier alpha value is -4.80. The first-order chi connectivity index (χ1) is 17.3. The van der Waals surface area contributed by atoms with Crippen molar-refractivity contribution in [1.82, 2.24) is 5.01 Å². The van der Waals surface area contributed by atoms with Crippen LogP contribution in [-0.4, -0.2) is 47.5 Å². The molecule has 1 unspecified atom stereocenters. The predicted molar refractivity (Wildman–Crippen MR) is 127 cm³/mol. The van der Waals surface area contributed by atoms with E-state index in [9.17, 15) is 19.7 Å². The van der Waals surface area contributed by atoms with Crippen LogP contribution in [0.1, 0.15) is 23.6 Å². The maximum absolute atomic E-state index is 13.0. The van der Waals surface area contributed by atoms with Crippen LogP contribution in [0, 0.1) is 17.0 Å². The fourth-order valence-corrected chi connectivity index (χ4v) is 4.37. The van der Waals surface area contributed by atoms with Crippen molar-refractivity contribution in [3.05, 3.63) is 92.4 Å². The number of aryl methyl sites for hydroxylation is 1. The summed E-state index contributed by atoms with van der Waals surface area (Å²) in [5.74, 6) is -1.55. The van der Waals surface area contributed by atoms with E-state index >= 15 is 0 Å². The molecule has 182 valence electrons. The van der Waals surface area contributed by atoms with Gasteiger partial charge in [-0.15, -0.1) is 0 Å².